The standard InChI is InChI=1S/C14H21N/c1-4-7-11-14(5-2,6-3)13-10-8-9-12-15-13/h4,7-10,12H,5-6,11H2,1-3H3/b7-4+. The first-order valence-corrected chi connectivity index (χ1v) is 5.81. The second kappa shape index (κ2) is 5.69. The van der Waals surface area contributed by atoms with Crippen molar-refractivity contribution in [1.82, 2.24) is 4.98 Å². The number of aromatic nitrogens is 1. The Morgan fingerprint density at radius 1 is 1.27 bits per heavy atom. The van der Waals surface area contributed by atoms with Gasteiger partial charge in [-0.1, -0.05) is 32.1 Å². The molecule has 0 unspecified atom stereocenters. The topological polar surface area (TPSA) is 12.9 Å². The quantitative estimate of drug-likeness (QED) is 0.656. The van der Waals surface area contributed by atoms with E-state index in [-0.39, 0.29) is 5.41 Å². The van der Waals surface area contributed by atoms with Gasteiger partial charge in [0, 0.05) is 17.3 Å². The lowest BCUT2D eigenvalue weighted by Gasteiger charge is -2.30. The molecule has 1 heterocycles. The van der Waals surface area contributed by atoms with Crippen molar-refractivity contribution in [3.05, 3.63) is 42.2 Å². The monoisotopic (exact) mass is 203 g/mol. The predicted octanol–water partition coefficient (Wildman–Crippen LogP) is 4.11. The van der Waals surface area contributed by atoms with E-state index < -0.39 is 0 Å². The number of pyridine rings is 1. The highest BCUT2D eigenvalue weighted by molar-refractivity contribution is 5.18. The molecule has 0 aliphatic rings. The zero-order valence-electron chi connectivity index (χ0n) is 10.0. The van der Waals surface area contributed by atoms with Gasteiger partial charge < -0.3 is 0 Å². The van der Waals surface area contributed by atoms with E-state index in [2.05, 4.69) is 50.0 Å². The van der Waals surface area contributed by atoms with E-state index in [9.17, 15) is 0 Å². The molecule has 1 heteroatoms. The lowest BCUT2D eigenvalue weighted by Crippen LogP contribution is -2.24. The fourth-order valence-corrected chi connectivity index (χ4v) is 2.03. The van der Waals surface area contributed by atoms with Gasteiger partial charge in [0.15, 0.2) is 0 Å². The molecule has 0 N–H and O–H groups in total. The summed E-state index contributed by atoms with van der Waals surface area (Å²) in [5, 5.41) is 0. The van der Waals surface area contributed by atoms with E-state index in [0.29, 0.717) is 0 Å². The lowest BCUT2D eigenvalue weighted by molar-refractivity contribution is 0.388. The largest absolute Gasteiger partial charge is 0.261 e. The van der Waals surface area contributed by atoms with Crippen LogP contribution in [-0.2, 0) is 5.41 Å². The molecule has 1 rings (SSSR count). The van der Waals surface area contributed by atoms with E-state index >= 15 is 0 Å². The fourth-order valence-electron chi connectivity index (χ4n) is 2.03. The Bertz CT molecular complexity index is 296. The summed E-state index contributed by atoms with van der Waals surface area (Å²) in [5.74, 6) is 0. The molecule has 82 valence electrons. The van der Waals surface area contributed by atoms with Crippen LogP contribution in [0.3, 0.4) is 0 Å². The third kappa shape index (κ3) is 2.68. The van der Waals surface area contributed by atoms with Gasteiger partial charge in [-0.3, -0.25) is 4.98 Å². The van der Waals surface area contributed by atoms with Gasteiger partial charge in [-0.15, -0.1) is 0 Å². The second-order valence-corrected chi connectivity index (χ2v) is 3.98. The summed E-state index contributed by atoms with van der Waals surface area (Å²) < 4.78 is 0. The average molecular weight is 203 g/mol. The molecule has 0 fully saturated rings. The average Bonchev–Trinajstić information content (AvgIpc) is 2.33. The Morgan fingerprint density at radius 3 is 2.47 bits per heavy atom. The maximum absolute atomic E-state index is 4.51. The molecule has 0 atom stereocenters. The van der Waals surface area contributed by atoms with Crippen molar-refractivity contribution < 1.29 is 0 Å². The molecule has 0 aromatic carbocycles. The van der Waals surface area contributed by atoms with Crippen LogP contribution in [0.5, 0.6) is 0 Å². The molecule has 15 heavy (non-hydrogen) atoms. The number of nitrogens with zero attached hydrogens (tertiary/aromatic N) is 1. The zero-order chi connectivity index (χ0) is 11.1. The number of hydrogen-bond acceptors (Lipinski definition) is 1. The maximum atomic E-state index is 4.51. The van der Waals surface area contributed by atoms with Crippen LogP contribution in [0, 0.1) is 0 Å². The van der Waals surface area contributed by atoms with Gasteiger partial charge in [0.25, 0.3) is 0 Å². The van der Waals surface area contributed by atoms with Gasteiger partial charge in [-0.05, 0) is 38.3 Å². The number of allylic oxidation sites excluding steroid dienone is 2. The summed E-state index contributed by atoms with van der Waals surface area (Å²) in [4.78, 5) is 4.51. The van der Waals surface area contributed by atoms with Gasteiger partial charge in [-0.25, -0.2) is 0 Å². The molecular formula is C14H21N. The molecule has 1 nitrogen and oxygen atoms in total. The molecule has 0 saturated carbocycles. The molecule has 1 aromatic rings. The summed E-state index contributed by atoms with van der Waals surface area (Å²) in [6.45, 7) is 6.58. The van der Waals surface area contributed by atoms with Crippen LogP contribution < -0.4 is 0 Å². The molecule has 0 aliphatic carbocycles. The van der Waals surface area contributed by atoms with Gasteiger partial charge in [0.1, 0.15) is 0 Å². The summed E-state index contributed by atoms with van der Waals surface area (Å²) in [5.41, 5.74) is 1.46. The first-order chi connectivity index (χ1) is 7.29. The summed E-state index contributed by atoms with van der Waals surface area (Å²) in [6.07, 6.45) is 9.65. The summed E-state index contributed by atoms with van der Waals surface area (Å²) in [6, 6.07) is 6.21. The smallest absolute Gasteiger partial charge is 0.0468 e. The lowest BCUT2D eigenvalue weighted by atomic mass is 9.76. The highest BCUT2D eigenvalue weighted by atomic mass is 14.7. The van der Waals surface area contributed by atoms with Crippen molar-refractivity contribution in [2.75, 3.05) is 0 Å². The van der Waals surface area contributed by atoms with E-state index in [1.807, 2.05) is 12.3 Å². The Hall–Kier alpha value is -1.11. The van der Waals surface area contributed by atoms with Crippen molar-refractivity contribution >= 4 is 0 Å². The van der Waals surface area contributed by atoms with E-state index in [1.165, 1.54) is 5.69 Å². The molecule has 1 aromatic heterocycles. The zero-order valence-corrected chi connectivity index (χ0v) is 10.0. The van der Waals surface area contributed by atoms with E-state index in [1.54, 1.807) is 0 Å². The SMILES string of the molecule is C/C=C/CC(CC)(CC)c1ccccn1. The first kappa shape index (κ1) is 12.0. The molecule has 0 aliphatic heterocycles. The molecule has 0 saturated heterocycles. The van der Waals surface area contributed by atoms with Crippen molar-refractivity contribution in [2.45, 2.75) is 45.4 Å². The maximum Gasteiger partial charge on any atom is 0.0468 e. The summed E-state index contributed by atoms with van der Waals surface area (Å²) >= 11 is 0. The molecule has 0 spiro atoms. The summed E-state index contributed by atoms with van der Waals surface area (Å²) in [7, 11) is 0. The Morgan fingerprint density at radius 2 is 2.00 bits per heavy atom. The van der Waals surface area contributed by atoms with Crippen LogP contribution in [0.15, 0.2) is 36.5 Å². The van der Waals surface area contributed by atoms with Crippen molar-refractivity contribution in [3.8, 4) is 0 Å². The molecule has 0 radical (unpaired) electrons. The Balaban J connectivity index is 2.99. The van der Waals surface area contributed by atoms with Gasteiger partial charge >= 0.3 is 0 Å². The predicted molar refractivity (Wildman–Crippen MR) is 65.9 cm³/mol. The van der Waals surface area contributed by atoms with Gasteiger partial charge in [0.2, 0.25) is 0 Å². The first-order valence-electron chi connectivity index (χ1n) is 5.81. The Labute approximate surface area is 93.2 Å². The fraction of sp³-hybridized carbons (Fsp3) is 0.500. The van der Waals surface area contributed by atoms with Crippen LogP contribution >= 0.6 is 0 Å². The van der Waals surface area contributed by atoms with Crippen LogP contribution in [0.4, 0.5) is 0 Å². The van der Waals surface area contributed by atoms with Crippen LogP contribution in [-0.4, -0.2) is 4.98 Å². The highest BCUT2D eigenvalue weighted by Gasteiger charge is 2.27. The molecule has 0 bridgehead atoms. The Kier molecular flexibility index (Phi) is 4.54. The second-order valence-electron chi connectivity index (χ2n) is 3.98. The van der Waals surface area contributed by atoms with Crippen LogP contribution in [0.1, 0.15) is 45.7 Å². The highest BCUT2D eigenvalue weighted by Crippen LogP contribution is 2.34. The van der Waals surface area contributed by atoms with Crippen molar-refractivity contribution in [2.24, 2.45) is 0 Å². The van der Waals surface area contributed by atoms with Gasteiger partial charge in [-0.2, -0.15) is 0 Å². The van der Waals surface area contributed by atoms with Gasteiger partial charge in [0.05, 0.1) is 0 Å². The normalized spacial score (nSPS) is 12.2. The third-order valence-corrected chi connectivity index (χ3v) is 3.31. The third-order valence-electron chi connectivity index (χ3n) is 3.31. The van der Waals surface area contributed by atoms with E-state index in [4.69, 9.17) is 0 Å². The number of hydrogen-bond donors (Lipinski definition) is 0. The molecular weight excluding hydrogens is 182 g/mol. The van der Waals surface area contributed by atoms with Crippen molar-refractivity contribution in [1.29, 1.82) is 0 Å². The van der Waals surface area contributed by atoms with Crippen LogP contribution in [0.25, 0.3) is 0 Å². The van der Waals surface area contributed by atoms with E-state index in [0.717, 1.165) is 19.3 Å². The van der Waals surface area contributed by atoms with Crippen LogP contribution in [0.2, 0.25) is 0 Å². The minimum absolute atomic E-state index is 0.230. The number of rotatable bonds is 5. The van der Waals surface area contributed by atoms with Crippen molar-refractivity contribution in [3.63, 3.8) is 0 Å². The minimum atomic E-state index is 0.230. The minimum Gasteiger partial charge on any atom is -0.261 e. The molecule has 0 amide bonds.